The highest BCUT2D eigenvalue weighted by Crippen LogP contribution is 2.27. The number of aromatic nitrogens is 1. The highest BCUT2D eigenvalue weighted by atomic mass is 32.2. The predicted octanol–water partition coefficient (Wildman–Crippen LogP) is 3.39. The van der Waals surface area contributed by atoms with E-state index in [0.717, 1.165) is 21.3 Å². The van der Waals surface area contributed by atoms with Crippen molar-refractivity contribution in [2.24, 2.45) is 18.0 Å². The summed E-state index contributed by atoms with van der Waals surface area (Å²) in [6.45, 7) is 4.72. The molecule has 0 atom stereocenters. The third-order valence-electron chi connectivity index (χ3n) is 6.05. The number of ether oxygens (including phenoxy) is 1. The number of fused-ring (bicyclic) bond motifs is 1. The molecule has 1 aliphatic heterocycles. The van der Waals surface area contributed by atoms with Crippen LogP contribution in [0.2, 0.25) is 0 Å². The highest BCUT2D eigenvalue weighted by molar-refractivity contribution is 7.89. The lowest BCUT2D eigenvalue weighted by atomic mass is 9.98. The molecule has 0 spiro atoms. The van der Waals surface area contributed by atoms with E-state index in [-0.39, 0.29) is 16.7 Å². The number of benzene rings is 2. The number of methoxy groups -OCH3 is 1. The van der Waals surface area contributed by atoms with Gasteiger partial charge in [0.05, 0.1) is 22.2 Å². The molecular weight excluding hydrogens is 446 g/mol. The number of amides is 1. The van der Waals surface area contributed by atoms with Crippen molar-refractivity contribution < 1.29 is 17.9 Å². The lowest BCUT2D eigenvalue weighted by Gasteiger charge is -2.29. The van der Waals surface area contributed by atoms with E-state index in [1.807, 2.05) is 11.6 Å². The SMILES string of the molecule is COc1ccc(S(=O)(=O)N2CCC(C(=O)N=c3sc4c(C)ccc(C)c4n3C)CC2)cc1. The second-order valence-electron chi connectivity index (χ2n) is 8.12. The maximum Gasteiger partial charge on any atom is 0.251 e. The fourth-order valence-electron chi connectivity index (χ4n) is 4.09. The van der Waals surface area contributed by atoms with E-state index >= 15 is 0 Å². The smallest absolute Gasteiger partial charge is 0.251 e. The number of carbonyl (C=O) groups excluding carboxylic acids is 1. The zero-order valence-corrected chi connectivity index (χ0v) is 20.3. The predicted molar refractivity (Wildman–Crippen MR) is 125 cm³/mol. The van der Waals surface area contributed by atoms with Gasteiger partial charge >= 0.3 is 0 Å². The van der Waals surface area contributed by atoms with Crippen molar-refractivity contribution in [3.63, 3.8) is 0 Å². The third-order valence-corrected chi connectivity index (χ3v) is 9.23. The zero-order valence-electron chi connectivity index (χ0n) is 18.7. The van der Waals surface area contributed by atoms with Crippen molar-refractivity contribution in [3.8, 4) is 5.75 Å². The Hall–Kier alpha value is -2.49. The van der Waals surface area contributed by atoms with Crippen LogP contribution < -0.4 is 9.54 Å². The van der Waals surface area contributed by atoms with E-state index in [1.54, 1.807) is 24.3 Å². The number of hydrogen-bond acceptors (Lipinski definition) is 5. The third kappa shape index (κ3) is 4.12. The lowest BCUT2D eigenvalue weighted by molar-refractivity contribution is -0.122. The van der Waals surface area contributed by atoms with Crippen LogP contribution in [0.3, 0.4) is 0 Å². The van der Waals surface area contributed by atoms with Crippen molar-refractivity contribution in [1.82, 2.24) is 8.87 Å². The van der Waals surface area contributed by atoms with Crippen LogP contribution >= 0.6 is 11.3 Å². The summed E-state index contributed by atoms with van der Waals surface area (Å²) < 4.78 is 35.5. The topological polar surface area (TPSA) is 81.0 Å². The number of piperidine rings is 1. The minimum absolute atomic E-state index is 0.177. The minimum atomic E-state index is -3.59. The van der Waals surface area contributed by atoms with Crippen LogP contribution in [0.4, 0.5) is 0 Å². The molecule has 0 aliphatic carbocycles. The molecule has 3 aromatic rings. The summed E-state index contributed by atoms with van der Waals surface area (Å²) in [7, 11) is -0.124. The fraction of sp³-hybridized carbons (Fsp3) is 0.391. The first-order chi connectivity index (χ1) is 15.2. The van der Waals surface area contributed by atoms with Gasteiger partial charge in [-0.3, -0.25) is 4.79 Å². The van der Waals surface area contributed by atoms with Crippen molar-refractivity contribution >= 4 is 37.5 Å². The molecule has 1 saturated heterocycles. The first kappa shape index (κ1) is 22.7. The second kappa shape index (κ2) is 8.80. The summed E-state index contributed by atoms with van der Waals surface area (Å²) in [5, 5.41) is 0. The summed E-state index contributed by atoms with van der Waals surface area (Å²) in [6, 6.07) is 10.5. The van der Waals surface area contributed by atoms with Crippen molar-refractivity contribution in [2.45, 2.75) is 31.6 Å². The Morgan fingerprint density at radius 3 is 2.28 bits per heavy atom. The average Bonchev–Trinajstić information content (AvgIpc) is 3.13. The van der Waals surface area contributed by atoms with Crippen LogP contribution in [0.25, 0.3) is 10.2 Å². The molecule has 2 aromatic carbocycles. The Balaban J connectivity index is 1.50. The summed E-state index contributed by atoms with van der Waals surface area (Å²) in [4.78, 5) is 18.2. The summed E-state index contributed by atoms with van der Waals surface area (Å²) in [5.74, 6) is 0.156. The molecule has 9 heteroatoms. The van der Waals surface area contributed by atoms with Crippen molar-refractivity contribution in [3.05, 3.63) is 52.3 Å². The molecule has 0 saturated carbocycles. The van der Waals surface area contributed by atoms with Gasteiger partial charge in [-0.1, -0.05) is 23.5 Å². The van der Waals surface area contributed by atoms with Gasteiger partial charge in [0.1, 0.15) is 5.75 Å². The standard InChI is InChI=1S/C23H27N3O4S2/c1-15-5-6-16(2)21-20(15)25(3)23(31-21)24-22(27)17-11-13-26(14-12-17)32(28,29)19-9-7-18(30-4)8-10-19/h5-10,17H,11-14H2,1-4H3. The van der Waals surface area contributed by atoms with E-state index in [9.17, 15) is 13.2 Å². The molecule has 7 nitrogen and oxygen atoms in total. The number of nitrogens with zero attached hydrogens (tertiary/aromatic N) is 3. The first-order valence-corrected chi connectivity index (χ1v) is 12.8. The lowest BCUT2D eigenvalue weighted by Crippen LogP contribution is -2.40. The number of sulfonamides is 1. The normalized spacial score (nSPS) is 16.6. The number of rotatable bonds is 4. The van der Waals surface area contributed by atoms with E-state index < -0.39 is 10.0 Å². The molecular formula is C23H27N3O4S2. The van der Waals surface area contributed by atoms with Crippen molar-refractivity contribution in [1.29, 1.82) is 0 Å². The Morgan fingerprint density at radius 2 is 1.69 bits per heavy atom. The number of thiazole rings is 1. The first-order valence-electron chi connectivity index (χ1n) is 10.5. The molecule has 1 aromatic heterocycles. The maximum absolute atomic E-state index is 12.9. The van der Waals surface area contributed by atoms with Gasteiger partial charge in [-0.2, -0.15) is 9.30 Å². The molecule has 0 bridgehead atoms. The summed E-state index contributed by atoms with van der Waals surface area (Å²) >= 11 is 1.52. The average molecular weight is 474 g/mol. The van der Waals surface area contributed by atoms with Gasteiger partial charge in [-0.25, -0.2) is 8.42 Å². The second-order valence-corrected chi connectivity index (χ2v) is 11.0. The van der Waals surface area contributed by atoms with Gasteiger partial charge in [0.15, 0.2) is 4.80 Å². The Kier molecular flexibility index (Phi) is 6.24. The quantitative estimate of drug-likeness (QED) is 0.582. The minimum Gasteiger partial charge on any atom is -0.497 e. The van der Waals surface area contributed by atoms with Crippen LogP contribution in [-0.4, -0.2) is 43.4 Å². The summed E-state index contributed by atoms with van der Waals surface area (Å²) in [5.41, 5.74) is 3.41. The van der Waals surface area contributed by atoms with Gasteiger partial charge < -0.3 is 9.30 Å². The molecule has 1 fully saturated rings. The molecule has 0 N–H and O–H groups in total. The van der Waals surface area contributed by atoms with Crippen LogP contribution in [0.15, 0.2) is 46.3 Å². The van der Waals surface area contributed by atoms with E-state index in [0.29, 0.717) is 36.5 Å². The van der Waals surface area contributed by atoms with Crippen LogP contribution in [0.5, 0.6) is 5.75 Å². The zero-order chi connectivity index (χ0) is 23.0. The van der Waals surface area contributed by atoms with E-state index in [4.69, 9.17) is 4.74 Å². The number of carbonyl (C=O) groups is 1. The fourth-order valence-corrected chi connectivity index (χ4v) is 6.73. The molecule has 0 unspecified atom stereocenters. The maximum atomic E-state index is 12.9. The van der Waals surface area contributed by atoms with Gasteiger partial charge in [-0.05, 0) is 62.1 Å². The van der Waals surface area contributed by atoms with Gasteiger partial charge in [-0.15, -0.1) is 0 Å². The Morgan fingerprint density at radius 1 is 1.06 bits per heavy atom. The molecule has 2 heterocycles. The van der Waals surface area contributed by atoms with Gasteiger partial charge in [0.25, 0.3) is 5.91 Å². The molecule has 0 radical (unpaired) electrons. The monoisotopic (exact) mass is 473 g/mol. The van der Waals surface area contributed by atoms with E-state index in [1.165, 1.54) is 22.8 Å². The van der Waals surface area contributed by atoms with Crippen molar-refractivity contribution in [2.75, 3.05) is 20.2 Å². The van der Waals surface area contributed by atoms with Crippen LogP contribution in [-0.2, 0) is 21.9 Å². The van der Waals surface area contributed by atoms with Crippen LogP contribution in [0, 0.1) is 19.8 Å². The van der Waals surface area contributed by atoms with Gasteiger partial charge in [0.2, 0.25) is 10.0 Å². The molecule has 4 rings (SSSR count). The molecule has 1 aliphatic rings. The molecule has 170 valence electrons. The highest BCUT2D eigenvalue weighted by Gasteiger charge is 2.32. The Bertz CT molecular complexity index is 1330. The largest absolute Gasteiger partial charge is 0.497 e. The molecule has 1 amide bonds. The number of aryl methyl sites for hydroxylation is 3. The molecule has 32 heavy (non-hydrogen) atoms. The summed E-state index contributed by atoms with van der Waals surface area (Å²) in [6.07, 6.45) is 0.925. The number of hydrogen-bond donors (Lipinski definition) is 0. The Labute approximate surface area is 192 Å². The van der Waals surface area contributed by atoms with Crippen LogP contribution in [0.1, 0.15) is 24.0 Å². The van der Waals surface area contributed by atoms with Gasteiger partial charge in [0, 0.05) is 26.1 Å². The van der Waals surface area contributed by atoms with E-state index in [2.05, 4.69) is 31.0 Å².